The van der Waals surface area contributed by atoms with E-state index in [0.717, 1.165) is 83.0 Å². The van der Waals surface area contributed by atoms with E-state index in [1.807, 2.05) is 106 Å². The smallest absolute Gasteiger partial charge is 0.793 e. The molecule has 2 fully saturated rings. The summed E-state index contributed by atoms with van der Waals surface area (Å²) in [5.74, 6) is -1.23. The van der Waals surface area contributed by atoms with Crippen LogP contribution in [0.1, 0.15) is 109 Å². The minimum absolute atomic E-state index is 0. The number of ether oxygens (including phenoxy) is 3. The fourth-order valence-electron chi connectivity index (χ4n) is 8.24. The zero-order valence-electron chi connectivity index (χ0n) is 49.1. The Labute approximate surface area is 516 Å². The molecule has 4 aromatic rings. The molecule has 26 heteroatoms. The Morgan fingerprint density at radius 3 is 1.52 bits per heavy atom. The van der Waals surface area contributed by atoms with Crippen molar-refractivity contribution in [3.05, 3.63) is 106 Å². The van der Waals surface area contributed by atoms with E-state index < -0.39 is 33.2 Å². The predicted octanol–water partition coefficient (Wildman–Crippen LogP) is 3.22. The largest absolute Gasteiger partial charge is 1.00 e. The molecule has 4 aliphatic heterocycles. The summed E-state index contributed by atoms with van der Waals surface area (Å²) in [7, 11) is 4.32. The second-order valence-electron chi connectivity index (χ2n) is 19.2. The molecule has 0 saturated carbocycles. The van der Waals surface area contributed by atoms with E-state index in [-0.39, 0.29) is 72.4 Å². The average molecular weight is 1190 g/mol. The number of esters is 1. The summed E-state index contributed by atoms with van der Waals surface area (Å²) in [6, 6.07) is 19.6. The summed E-state index contributed by atoms with van der Waals surface area (Å²) in [6.45, 7) is 19.0. The van der Waals surface area contributed by atoms with Crippen molar-refractivity contribution in [2.24, 2.45) is 9.98 Å². The number of rotatable bonds is 16. The van der Waals surface area contributed by atoms with Crippen molar-refractivity contribution in [3.8, 4) is 11.8 Å². The third kappa shape index (κ3) is 22.2. The topological polar surface area (TPSA) is 282 Å². The van der Waals surface area contributed by atoms with E-state index in [2.05, 4.69) is 48.4 Å². The maximum absolute atomic E-state index is 13.4. The van der Waals surface area contributed by atoms with Crippen LogP contribution in [0.5, 0.6) is 11.8 Å². The zero-order valence-corrected chi connectivity index (χ0v) is 52.7. The Hall–Kier alpha value is -6.48. The first-order chi connectivity index (χ1) is 39.0. The van der Waals surface area contributed by atoms with E-state index in [1.54, 1.807) is 31.1 Å². The number of aliphatic imine (C=N–C) groups is 2. The van der Waals surface area contributed by atoms with Gasteiger partial charge < -0.3 is 42.9 Å². The molecule has 3 radical (unpaired) electrons. The van der Waals surface area contributed by atoms with E-state index in [9.17, 15) is 33.6 Å². The standard InChI is InChI=1S/C26H32N4O4S.C22H26N4O2S.C4H6O4.C3H4O2.C2H3BO2.Na/c1-5-33-23(31)15-30-11-10-26(16-30,35-4)25(32)29-20-8-6-18-13-28-24(21(18)12-20)19-7-9-22(27-14-19)34-17(2)3;1-14(2)28-19-7-5-16(12-24-19)20-18-10-17(6-4-15(18)11-25-20)26-21(27)22(29-3)8-9-23-13-22;1-3(5)7-8-4(2)6;1-3(5)2-4;1-2(4)5-3;/h6-9,12,14,17H,5,10-11,13,15-16H2,1-4H3,(H,29,32);4-7,10,12,14,23H,8-9,11,13H2,1-3H3,(H,26,27);1-2H3;2H,1H3;1H3;/q;;;;-1;+1/t26-;22-;;;;/m00..../s1. The molecule has 0 bridgehead atoms. The second-order valence-corrected chi connectivity index (χ2v) is 21.5. The monoisotopic (exact) mass is 1190 g/mol. The van der Waals surface area contributed by atoms with Crippen LogP contribution in [0.2, 0.25) is 0 Å². The molecule has 6 heterocycles. The molecule has 0 spiro atoms. The molecule has 4 aliphatic rings. The number of carbonyl (C=O) groups is 8. The van der Waals surface area contributed by atoms with Gasteiger partial charge in [0.15, 0.2) is 12.1 Å². The van der Waals surface area contributed by atoms with E-state index in [4.69, 9.17) is 29.0 Å². The van der Waals surface area contributed by atoms with Crippen LogP contribution in [0.25, 0.3) is 0 Å². The number of carbonyl (C=O) groups excluding carboxylic acids is 8. The summed E-state index contributed by atoms with van der Waals surface area (Å²) in [5, 5.41) is 9.53. The van der Waals surface area contributed by atoms with Crippen LogP contribution < -0.4 is 55.0 Å². The summed E-state index contributed by atoms with van der Waals surface area (Å²) in [4.78, 5) is 114. The van der Waals surface area contributed by atoms with Crippen molar-refractivity contribution in [2.75, 3.05) is 62.5 Å². The minimum Gasteiger partial charge on any atom is -0.793 e. The van der Waals surface area contributed by atoms with Crippen LogP contribution in [0.15, 0.2) is 83.0 Å². The number of pyridine rings is 2. The number of ketones is 1. The summed E-state index contributed by atoms with van der Waals surface area (Å²) in [5.41, 5.74) is 9.47. The normalized spacial score (nSPS) is 16.9. The van der Waals surface area contributed by atoms with Crippen molar-refractivity contribution in [1.29, 1.82) is 0 Å². The van der Waals surface area contributed by atoms with Crippen LogP contribution in [0.3, 0.4) is 0 Å². The number of aromatic nitrogens is 2. The van der Waals surface area contributed by atoms with Crippen LogP contribution in [-0.4, -0.2) is 156 Å². The Balaban J connectivity index is 0.000000336. The van der Waals surface area contributed by atoms with Crippen LogP contribution >= 0.6 is 23.5 Å². The quantitative estimate of drug-likeness (QED) is 0.0363. The number of hydrogen-bond donors (Lipinski definition) is 3. The van der Waals surface area contributed by atoms with E-state index in [0.29, 0.717) is 57.5 Å². The Morgan fingerprint density at radius 2 is 1.17 bits per heavy atom. The first-order valence-corrected chi connectivity index (χ1v) is 28.6. The summed E-state index contributed by atoms with van der Waals surface area (Å²) >= 11 is 3.15. The van der Waals surface area contributed by atoms with E-state index in [1.165, 1.54) is 25.6 Å². The minimum atomic E-state index is -0.639. The number of likely N-dealkylation sites (tertiary alicyclic amines) is 1. The molecule has 2 aromatic heterocycles. The molecule has 83 heavy (non-hydrogen) atoms. The molecular formula is C57H71BN8NaO14S2. The van der Waals surface area contributed by atoms with Gasteiger partial charge in [-0.05, 0) is 114 Å². The van der Waals surface area contributed by atoms with Gasteiger partial charge in [-0.25, -0.2) is 29.3 Å². The van der Waals surface area contributed by atoms with Gasteiger partial charge >= 0.3 is 47.5 Å². The number of anilines is 2. The predicted molar refractivity (Wildman–Crippen MR) is 314 cm³/mol. The molecule has 0 aliphatic carbocycles. The van der Waals surface area contributed by atoms with Crippen molar-refractivity contribution in [1.82, 2.24) is 20.2 Å². The fraction of sp³-hybridized carbons (Fsp3) is 0.439. The van der Waals surface area contributed by atoms with Gasteiger partial charge in [-0.3, -0.25) is 43.7 Å². The van der Waals surface area contributed by atoms with Crippen molar-refractivity contribution < 1.29 is 96.6 Å². The zero-order chi connectivity index (χ0) is 60.6. The molecule has 0 unspecified atom stereocenters. The molecule has 2 saturated heterocycles. The van der Waals surface area contributed by atoms with Crippen molar-refractivity contribution >= 4 is 102 Å². The first-order valence-electron chi connectivity index (χ1n) is 26.1. The van der Waals surface area contributed by atoms with Gasteiger partial charge in [0.25, 0.3) is 0 Å². The van der Waals surface area contributed by atoms with Crippen LogP contribution in [0.4, 0.5) is 11.4 Å². The summed E-state index contributed by atoms with van der Waals surface area (Å²) < 4.78 is 18.9. The second kappa shape index (κ2) is 35.0. The molecule has 3 N–H and O–H groups in total. The third-order valence-electron chi connectivity index (χ3n) is 12.1. The Kier molecular flexibility index (Phi) is 29.8. The van der Waals surface area contributed by atoms with Crippen LogP contribution in [-0.2, 0) is 70.6 Å². The van der Waals surface area contributed by atoms with Gasteiger partial charge in [0, 0.05) is 105 Å². The number of fused-ring (bicyclic) bond motifs is 2. The van der Waals surface area contributed by atoms with Gasteiger partial charge in [-0.1, -0.05) is 12.1 Å². The number of thioether (sulfide) groups is 2. The Bertz CT molecular complexity index is 2930. The van der Waals surface area contributed by atoms with Gasteiger partial charge in [0.2, 0.25) is 29.5 Å². The number of nitrogens with zero attached hydrogens (tertiary/aromatic N) is 5. The van der Waals surface area contributed by atoms with Gasteiger partial charge in [-0.15, -0.1) is 23.5 Å². The number of aldehydes is 1. The van der Waals surface area contributed by atoms with Gasteiger partial charge in [0.1, 0.15) is 9.49 Å². The van der Waals surface area contributed by atoms with Gasteiger partial charge in [0.05, 0.1) is 49.9 Å². The molecular weight excluding hydrogens is 1120 g/mol. The van der Waals surface area contributed by atoms with Crippen molar-refractivity contribution in [3.63, 3.8) is 0 Å². The number of hydrogen-bond acceptors (Lipinski definition) is 22. The molecule has 2 amide bonds. The SMILES string of the molecule is CC(=O)C=O.CC(=O)OOC(C)=O.CCOC(=O)CN1CC[C@@](SC)(C(=O)Nc2ccc3c(c2)C(c2ccc(OC(C)C)nc2)=NC3)C1.CS[C@@]1(C(=O)Nc2ccc3c(c2)C(c2ccc(OC(C)C)nc2)=NC3)CCNC1.[B-]OC(C)=O.[Na+]. The third-order valence-corrected chi connectivity index (χ3v) is 14.7. The average Bonchev–Trinajstić information content (AvgIpc) is 4.51. The summed E-state index contributed by atoms with van der Waals surface area (Å²) in [6.07, 6.45) is 9.46. The number of nitrogens with one attached hydrogen (secondary N) is 3. The first kappa shape index (κ1) is 70.8. The molecule has 2 atom stereocenters. The maximum Gasteiger partial charge on any atom is 1.00 e. The number of Topliss-reactive ketones (excluding diaryl/α,β-unsaturated/α-hetero) is 1. The Morgan fingerprint density at radius 1 is 0.711 bits per heavy atom. The van der Waals surface area contributed by atoms with E-state index >= 15 is 0 Å². The van der Waals surface area contributed by atoms with Crippen molar-refractivity contribution in [2.45, 2.75) is 110 Å². The van der Waals surface area contributed by atoms with Gasteiger partial charge in [-0.2, -0.15) is 0 Å². The molecule has 439 valence electrons. The number of benzene rings is 2. The molecule has 22 nitrogen and oxygen atoms in total. The molecule has 8 rings (SSSR count). The fourth-order valence-corrected chi connectivity index (χ4v) is 9.88. The molecule has 2 aromatic carbocycles. The maximum atomic E-state index is 13.4. The van der Waals surface area contributed by atoms with Crippen LogP contribution in [0, 0.1) is 0 Å². The number of amides is 2.